The Hall–Kier alpha value is -0.275. The van der Waals surface area contributed by atoms with Gasteiger partial charge in [-0.25, -0.2) is 0 Å². The summed E-state index contributed by atoms with van der Waals surface area (Å²) in [5.41, 5.74) is 0.806. The molecule has 0 saturated carbocycles. The summed E-state index contributed by atoms with van der Waals surface area (Å²) in [6.45, 7) is 4.35. The second kappa shape index (κ2) is 4.10. The molecular weight excluding hydrogens is 151 g/mol. The molecule has 0 bridgehead atoms. The van der Waals surface area contributed by atoms with Gasteiger partial charge in [0.1, 0.15) is 0 Å². The Kier molecular flexibility index (Phi) is 3.35. The lowest BCUT2D eigenvalue weighted by atomic mass is 9.69. The van der Waals surface area contributed by atoms with Crippen LogP contribution in [0.2, 0.25) is 0 Å². The summed E-state index contributed by atoms with van der Waals surface area (Å²) in [7, 11) is -1.23. The van der Waals surface area contributed by atoms with Crippen molar-refractivity contribution in [3.05, 3.63) is 11.5 Å². The quantitative estimate of drug-likeness (QED) is 0.611. The van der Waals surface area contributed by atoms with Gasteiger partial charge in [-0.1, -0.05) is 19.9 Å². The zero-order valence-electron chi connectivity index (χ0n) is 7.83. The van der Waals surface area contributed by atoms with E-state index in [4.69, 9.17) is 10.0 Å². The molecule has 0 aromatic rings. The first-order valence-corrected chi connectivity index (χ1v) is 4.68. The molecule has 2 nitrogen and oxygen atoms in total. The van der Waals surface area contributed by atoms with Gasteiger partial charge in [0.25, 0.3) is 0 Å². The van der Waals surface area contributed by atoms with Crippen molar-refractivity contribution in [2.24, 2.45) is 11.8 Å². The first kappa shape index (κ1) is 9.81. The van der Waals surface area contributed by atoms with Gasteiger partial charge in [-0.05, 0) is 36.6 Å². The Morgan fingerprint density at radius 1 is 1.50 bits per heavy atom. The van der Waals surface area contributed by atoms with Crippen molar-refractivity contribution in [3.8, 4) is 0 Å². The zero-order valence-corrected chi connectivity index (χ0v) is 7.83. The normalized spacial score (nSPS) is 24.1. The Labute approximate surface area is 74.4 Å². The molecule has 1 unspecified atom stereocenters. The molecule has 0 aromatic carbocycles. The van der Waals surface area contributed by atoms with Gasteiger partial charge < -0.3 is 10.0 Å². The lowest BCUT2D eigenvalue weighted by Gasteiger charge is -2.23. The molecular formula is C9H17BO2. The van der Waals surface area contributed by atoms with Crippen LogP contribution < -0.4 is 0 Å². The number of rotatable bonds is 2. The van der Waals surface area contributed by atoms with Gasteiger partial charge in [0.15, 0.2) is 0 Å². The van der Waals surface area contributed by atoms with E-state index in [1.54, 1.807) is 0 Å². The maximum atomic E-state index is 8.96. The lowest BCUT2D eigenvalue weighted by molar-refractivity contribution is 0.386. The van der Waals surface area contributed by atoms with Crippen LogP contribution in [0.4, 0.5) is 0 Å². The Balaban J connectivity index is 2.63. The summed E-state index contributed by atoms with van der Waals surface area (Å²) >= 11 is 0. The monoisotopic (exact) mass is 168 g/mol. The van der Waals surface area contributed by atoms with E-state index in [-0.39, 0.29) is 0 Å². The van der Waals surface area contributed by atoms with Crippen molar-refractivity contribution in [3.63, 3.8) is 0 Å². The van der Waals surface area contributed by atoms with Crippen LogP contribution in [-0.2, 0) is 0 Å². The van der Waals surface area contributed by atoms with Gasteiger partial charge in [0.2, 0.25) is 0 Å². The van der Waals surface area contributed by atoms with Crippen LogP contribution in [0.1, 0.15) is 33.1 Å². The zero-order chi connectivity index (χ0) is 9.14. The topological polar surface area (TPSA) is 40.5 Å². The molecule has 12 heavy (non-hydrogen) atoms. The Bertz CT molecular complexity index is 175. The van der Waals surface area contributed by atoms with Crippen molar-refractivity contribution in [1.29, 1.82) is 0 Å². The highest BCUT2D eigenvalue weighted by atomic mass is 16.4. The molecule has 0 fully saturated rings. The van der Waals surface area contributed by atoms with E-state index in [1.165, 1.54) is 6.42 Å². The molecule has 0 radical (unpaired) electrons. The fourth-order valence-corrected chi connectivity index (χ4v) is 1.72. The van der Waals surface area contributed by atoms with Crippen LogP contribution in [0, 0.1) is 11.8 Å². The predicted molar refractivity (Wildman–Crippen MR) is 50.5 cm³/mol. The van der Waals surface area contributed by atoms with Crippen LogP contribution in [0.3, 0.4) is 0 Å². The standard InChI is InChI=1S/C9H17BO2/c1-7(2)8-4-3-5-9(6-8)10(11)12/h6-8,11-12H,3-5H2,1-2H3. The fourth-order valence-electron chi connectivity index (χ4n) is 1.72. The highest BCUT2D eigenvalue weighted by Crippen LogP contribution is 2.28. The molecule has 1 rings (SSSR count). The average Bonchev–Trinajstić information content (AvgIpc) is 2.04. The van der Waals surface area contributed by atoms with E-state index < -0.39 is 7.12 Å². The third kappa shape index (κ3) is 2.36. The molecule has 0 saturated heterocycles. The Morgan fingerprint density at radius 3 is 2.67 bits per heavy atom. The lowest BCUT2D eigenvalue weighted by Crippen LogP contribution is -2.21. The van der Waals surface area contributed by atoms with E-state index >= 15 is 0 Å². The van der Waals surface area contributed by atoms with Crippen LogP contribution in [0.5, 0.6) is 0 Å². The molecule has 1 atom stereocenters. The molecule has 68 valence electrons. The molecule has 3 heteroatoms. The average molecular weight is 168 g/mol. The second-order valence-electron chi connectivity index (χ2n) is 3.92. The number of hydrogen-bond acceptors (Lipinski definition) is 2. The van der Waals surface area contributed by atoms with Crippen molar-refractivity contribution < 1.29 is 10.0 Å². The molecule has 0 heterocycles. The molecule has 2 N–H and O–H groups in total. The highest BCUT2D eigenvalue weighted by molar-refractivity contribution is 6.50. The minimum absolute atomic E-state index is 0.538. The van der Waals surface area contributed by atoms with E-state index in [2.05, 4.69) is 13.8 Å². The van der Waals surface area contributed by atoms with Crippen LogP contribution in [0.25, 0.3) is 0 Å². The highest BCUT2D eigenvalue weighted by Gasteiger charge is 2.22. The summed E-state index contributed by atoms with van der Waals surface area (Å²) in [5, 5.41) is 17.9. The van der Waals surface area contributed by atoms with E-state index in [1.807, 2.05) is 6.08 Å². The molecule has 1 aliphatic carbocycles. The summed E-state index contributed by atoms with van der Waals surface area (Å²) in [6, 6.07) is 0. The van der Waals surface area contributed by atoms with E-state index in [0.29, 0.717) is 11.8 Å². The summed E-state index contributed by atoms with van der Waals surface area (Å²) in [5.74, 6) is 1.15. The summed E-state index contributed by atoms with van der Waals surface area (Å²) < 4.78 is 0. The third-order valence-electron chi connectivity index (χ3n) is 2.62. The van der Waals surface area contributed by atoms with Gasteiger partial charge in [0, 0.05) is 0 Å². The van der Waals surface area contributed by atoms with E-state index in [9.17, 15) is 0 Å². The van der Waals surface area contributed by atoms with Crippen molar-refractivity contribution >= 4 is 7.12 Å². The molecule has 0 aliphatic heterocycles. The first-order chi connectivity index (χ1) is 5.61. The minimum atomic E-state index is -1.23. The van der Waals surface area contributed by atoms with Gasteiger partial charge in [-0.15, -0.1) is 0 Å². The maximum Gasteiger partial charge on any atom is 0.483 e. The minimum Gasteiger partial charge on any atom is -0.423 e. The maximum absolute atomic E-state index is 8.96. The van der Waals surface area contributed by atoms with Crippen LogP contribution in [0.15, 0.2) is 11.5 Å². The van der Waals surface area contributed by atoms with Crippen LogP contribution in [-0.4, -0.2) is 17.2 Å². The Morgan fingerprint density at radius 2 is 2.17 bits per heavy atom. The van der Waals surface area contributed by atoms with E-state index in [0.717, 1.165) is 18.3 Å². The van der Waals surface area contributed by atoms with Gasteiger partial charge in [0.05, 0.1) is 0 Å². The SMILES string of the molecule is CC(C)C1C=C(B(O)O)CCC1. The van der Waals surface area contributed by atoms with Crippen molar-refractivity contribution in [2.75, 3.05) is 0 Å². The summed E-state index contributed by atoms with van der Waals surface area (Å²) in [4.78, 5) is 0. The van der Waals surface area contributed by atoms with Gasteiger partial charge in [-0.3, -0.25) is 0 Å². The number of hydrogen-bond donors (Lipinski definition) is 2. The molecule has 0 aromatic heterocycles. The summed E-state index contributed by atoms with van der Waals surface area (Å²) in [6.07, 6.45) is 5.17. The van der Waals surface area contributed by atoms with Crippen molar-refractivity contribution in [2.45, 2.75) is 33.1 Å². The fraction of sp³-hybridized carbons (Fsp3) is 0.778. The molecule has 1 aliphatic rings. The van der Waals surface area contributed by atoms with Gasteiger partial charge in [-0.2, -0.15) is 0 Å². The first-order valence-electron chi connectivity index (χ1n) is 4.68. The molecule has 0 spiro atoms. The van der Waals surface area contributed by atoms with Crippen molar-refractivity contribution in [1.82, 2.24) is 0 Å². The molecule has 0 amide bonds. The number of allylic oxidation sites excluding steroid dienone is 2. The van der Waals surface area contributed by atoms with Gasteiger partial charge >= 0.3 is 7.12 Å². The smallest absolute Gasteiger partial charge is 0.423 e. The second-order valence-corrected chi connectivity index (χ2v) is 3.92. The van der Waals surface area contributed by atoms with Crippen LogP contribution >= 0.6 is 0 Å². The predicted octanol–water partition coefficient (Wildman–Crippen LogP) is 1.38. The third-order valence-corrected chi connectivity index (χ3v) is 2.62. The largest absolute Gasteiger partial charge is 0.483 e.